The molecular weight excluding hydrogens is 323 g/mol. The zero-order valence-corrected chi connectivity index (χ0v) is 12.7. The molecule has 0 aromatic heterocycles. The lowest BCUT2D eigenvalue weighted by Crippen LogP contribution is -2.20. The van der Waals surface area contributed by atoms with Crippen molar-refractivity contribution in [3.05, 3.63) is 58.3 Å². The van der Waals surface area contributed by atoms with Crippen molar-refractivity contribution in [1.29, 1.82) is 0 Å². The van der Waals surface area contributed by atoms with Crippen molar-refractivity contribution in [2.75, 3.05) is 19.0 Å². The number of ether oxygens (including phenoxy) is 1. The highest BCUT2D eigenvalue weighted by atomic mass is 79.9. The van der Waals surface area contributed by atoms with Gasteiger partial charge < -0.3 is 15.8 Å². The van der Waals surface area contributed by atoms with Gasteiger partial charge in [-0.3, -0.25) is 0 Å². The van der Waals surface area contributed by atoms with Crippen LogP contribution in [0.2, 0.25) is 0 Å². The Morgan fingerprint density at radius 3 is 2.50 bits per heavy atom. The fraction of sp³-hybridized carbons (Fsp3) is 0.200. The van der Waals surface area contributed by atoms with Crippen LogP contribution in [0.4, 0.5) is 10.1 Å². The molecule has 3 N–H and O–H groups in total. The fourth-order valence-corrected chi connectivity index (χ4v) is 2.19. The molecule has 1 atom stereocenters. The molecule has 3 nitrogen and oxygen atoms in total. The maximum absolute atomic E-state index is 13.7. The summed E-state index contributed by atoms with van der Waals surface area (Å²) in [6, 6.07) is 12.5. The summed E-state index contributed by atoms with van der Waals surface area (Å²) in [5.41, 5.74) is 7.49. The summed E-state index contributed by atoms with van der Waals surface area (Å²) in [7, 11) is 1.44. The lowest BCUT2D eigenvalue weighted by atomic mass is 10.1. The number of hydrogen-bond acceptors (Lipinski definition) is 3. The van der Waals surface area contributed by atoms with Crippen LogP contribution in [0.25, 0.3) is 0 Å². The Bertz CT molecular complexity index is 575. The Labute approximate surface area is 126 Å². The number of benzene rings is 2. The molecule has 0 fully saturated rings. The van der Waals surface area contributed by atoms with Gasteiger partial charge in [0.15, 0.2) is 11.6 Å². The van der Waals surface area contributed by atoms with Gasteiger partial charge in [0.25, 0.3) is 0 Å². The third-order valence-corrected chi connectivity index (χ3v) is 3.53. The second-order valence-electron chi connectivity index (χ2n) is 4.33. The number of rotatable bonds is 5. The standard InChI is InChI=1S/C15H16BrFN2O/c1-20-15-7-2-10(8-13(15)17)14(9-18)19-12-5-3-11(16)4-6-12/h2-8,14,19H,9,18H2,1H3. The Kier molecular flexibility index (Phi) is 4.98. The highest BCUT2D eigenvalue weighted by Gasteiger charge is 2.12. The Balaban J connectivity index is 2.19. The maximum atomic E-state index is 13.7. The number of halogens is 2. The molecule has 0 bridgehead atoms. The van der Waals surface area contributed by atoms with E-state index in [2.05, 4.69) is 21.2 Å². The van der Waals surface area contributed by atoms with E-state index in [0.717, 1.165) is 15.7 Å². The highest BCUT2D eigenvalue weighted by Crippen LogP contribution is 2.24. The molecule has 106 valence electrons. The number of anilines is 1. The quantitative estimate of drug-likeness (QED) is 0.873. The minimum Gasteiger partial charge on any atom is -0.494 e. The summed E-state index contributed by atoms with van der Waals surface area (Å²) in [4.78, 5) is 0. The summed E-state index contributed by atoms with van der Waals surface area (Å²) in [6.45, 7) is 0.363. The minimum atomic E-state index is -0.388. The lowest BCUT2D eigenvalue weighted by molar-refractivity contribution is 0.386. The largest absolute Gasteiger partial charge is 0.494 e. The van der Waals surface area contributed by atoms with Crippen LogP contribution in [0.3, 0.4) is 0 Å². The van der Waals surface area contributed by atoms with E-state index in [0.29, 0.717) is 6.54 Å². The molecule has 0 amide bonds. The smallest absolute Gasteiger partial charge is 0.165 e. The van der Waals surface area contributed by atoms with Gasteiger partial charge in [-0.2, -0.15) is 0 Å². The molecular formula is C15H16BrFN2O. The lowest BCUT2D eigenvalue weighted by Gasteiger charge is -2.19. The summed E-state index contributed by atoms with van der Waals surface area (Å²) < 4.78 is 19.7. The van der Waals surface area contributed by atoms with Crippen molar-refractivity contribution < 1.29 is 9.13 Å². The monoisotopic (exact) mass is 338 g/mol. The van der Waals surface area contributed by atoms with E-state index in [4.69, 9.17) is 10.5 Å². The van der Waals surface area contributed by atoms with E-state index in [1.807, 2.05) is 30.3 Å². The third kappa shape index (κ3) is 3.49. The first-order valence-corrected chi connectivity index (χ1v) is 6.99. The van der Waals surface area contributed by atoms with E-state index < -0.39 is 0 Å². The number of methoxy groups -OCH3 is 1. The molecule has 0 spiro atoms. The minimum absolute atomic E-state index is 0.156. The first-order chi connectivity index (χ1) is 9.63. The fourth-order valence-electron chi connectivity index (χ4n) is 1.93. The number of nitrogens with one attached hydrogen (secondary N) is 1. The number of hydrogen-bond donors (Lipinski definition) is 2. The first-order valence-electron chi connectivity index (χ1n) is 6.19. The summed E-state index contributed by atoms with van der Waals surface area (Å²) in [6.07, 6.45) is 0. The molecule has 2 rings (SSSR count). The molecule has 0 saturated carbocycles. The van der Waals surface area contributed by atoms with Gasteiger partial charge in [0, 0.05) is 16.7 Å². The van der Waals surface area contributed by atoms with Crippen LogP contribution >= 0.6 is 15.9 Å². The molecule has 0 heterocycles. The second-order valence-corrected chi connectivity index (χ2v) is 5.25. The van der Waals surface area contributed by atoms with E-state index in [1.165, 1.54) is 13.2 Å². The predicted octanol–water partition coefficient (Wildman–Crippen LogP) is 3.71. The molecule has 0 aliphatic rings. The molecule has 0 aliphatic heterocycles. The molecule has 20 heavy (non-hydrogen) atoms. The van der Waals surface area contributed by atoms with Gasteiger partial charge in [0.1, 0.15) is 0 Å². The van der Waals surface area contributed by atoms with E-state index in [9.17, 15) is 4.39 Å². The van der Waals surface area contributed by atoms with Crippen molar-refractivity contribution in [2.24, 2.45) is 5.73 Å². The maximum Gasteiger partial charge on any atom is 0.165 e. The van der Waals surface area contributed by atoms with Crippen molar-refractivity contribution in [1.82, 2.24) is 0 Å². The Morgan fingerprint density at radius 1 is 1.25 bits per heavy atom. The SMILES string of the molecule is COc1ccc(C(CN)Nc2ccc(Br)cc2)cc1F. The highest BCUT2D eigenvalue weighted by molar-refractivity contribution is 9.10. The van der Waals surface area contributed by atoms with Crippen molar-refractivity contribution in [3.63, 3.8) is 0 Å². The van der Waals surface area contributed by atoms with Crippen LogP contribution < -0.4 is 15.8 Å². The van der Waals surface area contributed by atoms with Gasteiger partial charge in [0.2, 0.25) is 0 Å². The molecule has 5 heteroatoms. The average Bonchev–Trinajstić information content (AvgIpc) is 2.46. The molecule has 1 unspecified atom stereocenters. The summed E-state index contributed by atoms with van der Waals surface area (Å²) >= 11 is 3.38. The van der Waals surface area contributed by atoms with Gasteiger partial charge in [-0.05, 0) is 42.0 Å². The summed E-state index contributed by atoms with van der Waals surface area (Å²) in [5.74, 6) is -0.158. The number of nitrogens with two attached hydrogens (primary N) is 1. The van der Waals surface area contributed by atoms with Crippen LogP contribution in [-0.2, 0) is 0 Å². The van der Waals surface area contributed by atoms with Crippen molar-refractivity contribution in [2.45, 2.75) is 6.04 Å². The van der Waals surface area contributed by atoms with Gasteiger partial charge in [-0.25, -0.2) is 4.39 Å². The van der Waals surface area contributed by atoms with E-state index in [1.54, 1.807) is 6.07 Å². The Morgan fingerprint density at radius 2 is 1.95 bits per heavy atom. The van der Waals surface area contributed by atoms with Gasteiger partial charge in [0.05, 0.1) is 13.2 Å². The van der Waals surface area contributed by atoms with Crippen LogP contribution in [0.1, 0.15) is 11.6 Å². The van der Waals surface area contributed by atoms with Gasteiger partial charge in [-0.15, -0.1) is 0 Å². The second kappa shape index (κ2) is 6.72. The molecule has 2 aromatic carbocycles. The molecule has 2 aromatic rings. The zero-order valence-electron chi connectivity index (χ0n) is 11.1. The molecule has 0 saturated heterocycles. The van der Waals surface area contributed by atoms with Crippen LogP contribution in [0, 0.1) is 5.82 Å². The summed E-state index contributed by atoms with van der Waals surface area (Å²) in [5, 5.41) is 3.28. The Hall–Kier alpha value is -1.59. The topological polar surface area (TPSA) is 47.3 Å². The molecule has 0 aliphatic carbocycles. The van der Waals surface area contributed by atoms with Crippen LogP contribution in [0.15, 0.2) is 46.9 Å². The van der Waals surface area contributed by atoms with E-state index in [-0.39, 0.29) is 17.6 Å². The zero-order chi connectivity index (χ0) is 14.5. The third-order valence-electron chi connectivity index (χ3n) is 3.00. The first kappa shape index (κ1) is 14.8. The van der Waals surface area contributed by atoms with Crippen molar-refractivity contribution in [3.8, 4) is 5.75 Å². The van der Waals surface area contributed by atoms with Crippen LogP contribution in [0.5, 0.6) is 5.75 Å². The molecule has 0 radical (unpaired) electrons. The van der Waals surface area contributed by atoms with Crippen molar-refractivity contribution >= 4 is 21.6 Å². The normalized spacial score (nSPS) is 12.0. The predicted molar refractivity (Wildman–Crippen MR) is 82.5 cm³/mol. The van der Waals surface area contributed by atoms with Gasteiger partial charge >= 0.3 is 0 Å². The van der Waals surface area contributed by atoms with Gasteiger partial charge in [-0.1, -0.05) is 22.0 Å². The van der Waals surface area contributed by atoms with Crippen LogP contribution in [-0.4, -0.2) is 13.7 Å². The average molecular weight is 339 g/mol. The van der Waals surface area contributed by atoms with E-state index >= 15 is 0 Å².